The number of aromatic nitrogens is 4. The van der Waals surface area contributed by atoms with E-state index in [2.05, 4.69) is 35.9 Å². The zero-order valence-electron chi connectivity index (χ0n) is 14.6. The second-order valence-corrected chi connectivity index (χ2v) is 8.32. The summed E-state index contributed by atoms with van der Waals surface area (Å²) in [6, 6.07) is 0. The first-order valence-electron chi connectivity index (χ1n) is 8.27. The van der Waals surface area contributed by atoms with Crippen LogP contribution in [0.4, 0.5) is 0 Å². The van der Waals surface area contributed by atoms with Crippen molar-refractivity contribution in [3.05, 3.63) is 33.4 Å². The molecule has 0 aliphatic carbocycles. The molecule has 7 nitrogen and oxygen atoms in total. The Labute approximate surface area is 148 Å². The first-order chi connectivity index (χ1) is 11.9. The molecule has 1 aliphatic rings. The molecular weight excluding hydrogens is 340 g/mol. The quantitative estimate of drug-likeness (QED) is 0.698. The first-order valence-corrected chi connectivity index (χ1v) is 9.15. The van der Waals surface area contributed by atoms with Crippen molar-refractivity contribution < 1.29 is 9.26 Å². The molecule has 1 saturated heterocycles. The molecule has 1 aliphatic heterocycles. The molecule has 1 fully saturated rings. The fraction of sp³-hybridized carbons (Fsp3) is 0.529. The molecular formula is C17H20N4O3S. The molecule has 25 heavy (non-hydrogen) atoms. The third-order valence-electron chi connectivity index (χ3n) is 4.57. The van der Waals surface area contributed by atoms with Crippen molar-refractivity contribution in [2.45, 2.75) is 46.1 Å². The number of hydrogen-bond donors (Lipinski definition) is 0. The van der Waals surface area contributed by atoms with Crippen molar-refractivity contribution in [3.8, 4) is 11.5 Å². The first kappa shape index (κ1) is 16.4. The van der Waals surface area contributed by atoms with Crippen LogP contribution in [0.1, 0.15) is 44.6 Å². The Balaban J connectivity index is 1.74. The van der Waals surface area contributed by atoms with Gasteiger partial charge in [-0.1, -0.05) is 25.9 Å². The Morgan fingerprint density at radius 3 is 2.92 bits per heavy atom. The third kappa shape index (κ3) is 2.69. The monoisotopic (exact) mass is 360 g/mol. The summed E-state index contributed by atoms with van der Waals surface area (Å²) in [6.07, 6.45) is 2.39. The van der Waals surface area contributed by atoms with Gasteiger partial charge in [0, 0.05) is 23.9 Å². The van der Waals surface area contributed by atoms with E-state index in [4.69, 9.17) is 9.26 Å². The summed E-state index contributed by atoms with van der Waals surface area (Å²) in [5.74, 6) is 0.880. The van der Waals surface area contributed by atoms with Crippen LogP contribution >= 0.6 is 11.3 Å². The Bertz CT molecular complexity index is 982. The highest BCUT2D eigenvalue weighted by Gasteiger charge is 2.40. The maximum atomic E-state index is 12.7. The number of nitrogens with zero attached hydrogens (tertiary/aromatic N) is 4. The molecule has 8 heteroatoms. The zero-order valence-corrected chi connectivity index (χ0v) is 15.5. The number of hydrogen-bond acceptors (Lipinski definition) is 7. The van der Waals surface area contributed by atoms with Crippen molar-refractivity contribution in [2.75, 3.05) is 6.61 Å². The van der Waals surface area contributed by atoms with Gasteiger partial charge in [0.15, 0.2) is 10.8 Å². The van der Waals surface area contributed by atoms with Crippen molar-refractivity contribution in [3.63, 3.8) is 0 Å². The van der Waals surface area contributed by atoms with E-state index in [0.717, 1.165) is 12.1 Å². The molecule has 0 aromatic carbocycles. The van der Waals surface area contributed by atoms with Crippen molar-refractivity contribution in [2.24, 2.45) is 5.41 Å². The predicted molar refractivity (Wildman–Crippen MR) is 93.9 cm³/mol. The molecule has 3 aromatic heterocycles. The number of ether oxygens (including phenoxy) is 1. The van der Waals surface area contributed by atoms with Gasteiger partial charge >= 0.3 is 0 Å². The lowest BCUT2D eigenvalue weighted by Crippen LogP contribution is -2.30. The minimum absolute atomic E-state index is 0.0181. The molecule has 3 aromatic rings. The standard InChI is InChI=1S/C17H20N4O3S/c1-9-8-25-16-18-7-11(15(22)21(9)16)14-19-13(20-24-14)10-5-6-23-12(10)17(2,3)4/h7-8,10,12H,5-6H2,1-4H3/t10-,12-/m1/s1. The fourth-order valence-electron chi connectivity index (χ4n) is 3.37. The van der Waals surface area contributed by atoms with Gasteiger partial charge in [0.25, 0.3) is 11.4 Å². The minimum atomic E-state index is -0.186. The van der Waals surface area contributed by atoms with E-state index in [1.807, 2.05) is 12.3 Å². The molecule has 0 saturated carbocycles. The topological polar surface area (TPSA) is 82.5 Å². The van der Waals surface area contributed by atoms with Crippen LogP contribution < -0.4 is 5.56 Å². The summed E-state index contributed by atoms with van der Waals surface area (Å²) in [4.78, 5) is 22.2. The van der Waals surface area contributed by atoms with Crippen LogP contribution in [0, 0.1) is 12.3 Å². The smallest absolute Gasteiger partial charge is 0.271 e. The Hall–Kier alpha value is -2.06. The van der Waals surface area contributed by atoms with Crippen LogP contribution in [0.15, 0.2) is 20.9 Å². The number of rotatable bonds is 2. The Morgan fingerprint density at radius 2 is 2.16 bits per heavy atom. The number of thiazole rings is 1. The summed E-state index contributed by atoms with van der Waals surface area (Å²) < 4.78 is 12.9. The van der Waals surface area contributed by atoms with Gasteiger partial charge in [0.2, 0.25) is 0 Å². The average Bonchev–Trinajstić information content (AvgIpc) is 3.25. The van der Waals surface area contributed by atoms with Crippen LogP contribution in [0.5, 0.6) is 0 Å². The van der Waals surface area contributed by atoms with E-state index in [0.29, 0.717) is 23.0 Å². The second kappa shape index (κ2) is 5.74. The van der Waals surface area contributed by atoms with Gasteiger partial charge in [-0.25, -0.2) is 4.98 Å². The summed E-state index contributed by atoms with van der Waals surface area (Å²) >= 11 is 1.43. The lowest BCUT2D eigenvalue weighted by molar-refractivity contribution is 0.0193. The van der Waals surface area contributed by atoms with Gasteiger partial charge in [0.1, 0.15) is 5.56 Å². The molecule has 2 atom stereocenters. The van der Waals surface area contributed by atoms with Crippen LogP contribution in [0.25, 0.3) is 16.4 Å². The van der Waals surface area contributed by atoms with Crippen LogP contribution in [-0.2, 0) is 4.74 Å². The normalized spacial score (nSPS) is 21.3. The lowest BCUT2D eigenvalue weighted by Gasteiger charge is -2.29. The molecule has 4 rings (SSSR count). The summed E-state index contributed by atoms with van der Waals surface area (Å²) in [5, 5.41) is 6.03. The van der Waals surface area contributed by atoms with E-state index < -0.39 is 0 Å². The van der Waals surface area contributed by atoms with Crippen LogP contribution in [0.3, 0.4) is 0 Å². The van der Waals surface area contributed by atoms with E-state index in [1.54, 1.807) is 4.40 Å². The average molecular weight is 360 g/mol. The maximum absolute atomic E-state index is 12.7. The molecule has 0 bridgehead atoms. The van der Waals surface area contributed by atoms with Gasteiger partial charge < -0.3 is 9.26 Å². The predicted octanol–water partition coefficient (Wildman–Crippen LogP) is 3.03. The minimum Gasteiger partial charge on any atom is -0.377 e. The number of fused-ring (bicyclic) bond motifs is 1. The van der Waals surface area contributed by atoms with E-state index in [9.17, 15) is 4.79 Å². The van der Waals surface area contributed by atoms with Gasteiger partial charge in [-0.3, -0.25) is 9.20 Å². The molecule has 0 unspecified atom stereocenters. The van der Waals surface area contributed by atoms with E-state index in [1.165, 1.54) is 17.5 Å². The molecule has 0 spiro atoms. The summed E-state index contributed by atoms with van der Waals surface area (Å²) in [6.45, 7) is 8.97. The zero-order chi connectivity index (χ0) is 17.8. The highest BCUT2D eigenvalue weighted by molar-refractivity contribution is 7.15. The largest absolute Gasteiger partial charge is 0.377 e. The molecule has 0 amide bonds. The van der Waals surface area contributed by atoms with Gasteiger partial charge in [-0.2, -0.15) is 4.98 Å². The van der Waals surface area contributed by atoms with Gasteiger partial charge in [-0.05, 0) is 18.8 Å². The van der Waals surface area contributed by atoms with Crippen molar-refractivity contribution in [1.29, 1.82) is 0 Å². The second-order valence-electron chi connectivity index (χ2n) is 7.48. The summed E-state index contributed by atoms with van der Waals surface area (Å²) in [7, 11) is 0. The maximum Gasteiger partial charge on any atom is 0.271 e. The Morgan fingerprint density at radius 1 is 1.36 bits per heavy atom. The third-order valence-corrected chi connectivity index (χ3v) is 5.52. The van der Waals surface area contributed by atoms with Gasteiger partial charge in [0.05, 0.1) is 12.0 Å². The molecule has 0 radical (unpaired) electrons. The SMILES string of the molecule is Cc1csc2ncc(-c3nc([C@@H]4CCO[C@H]4C(C)(C)C)no3)c(=O)n12. The molecule has 0 N–H and O–H groups in total. The number of aryl methyl sites for hydroxylation is 1. The molecule has 4 heterocycles. The summed E-state index contributed by atoms with van der Waals surface area (Å²) in [5.41, 5.74) is 0.963. The highest BCUT2D eigenvalue weighted by Crippen LogP contribution is 2.40. The lowest BCUT2D eigenvalue weighted by atomic mass is 9.81. The van der Waals surface area contributed by atoms with Crippen LogP contribution in [-0.4, -0.2) is 32.2 Å². The molecule has 132 valence electrons. The van der Waals surface area contributed by atoms with Gasteiger partial charge in [-0.15, -0.1) is 11.3 Å². The van der Waals surface area contributed by atoms with E-state index >= 15 is 0 Å². The van der Waals surface area contributed by atoms with Crippen molar-refractivity contribution in [1.82, 2.24) is 19.5 Å². The highest BCUT2D eigenvalue weighted by atomic mass is 32.1. The van der Waals surface area contributed by atoms with Crippen molar-refractivity contribution >= 4 is 16.3 Å². The van der Waals surface area contributed by atoms with Crippen LogP contribution in [0.2, 0.25) is 0 Å². The Kier molecular flexibility index (Phi) is 3.77. The van der Waals surface area contributed by atoms with E-state index in [-0.39, 0.29) is 28.9 Å². The fourth-order valence-corrected chi connectivity index (χ4v) is 4.20.